The molecule has 0 unspecified atom stereocenters. The van der Waals surface area contributed by atoms with Gasteiger partial charge >= 0.3 is 0 Å². The summed E-state index contributed by atoms with van der Waals surface area (Å²) in [6.45, 7) is 1.87. The first-order chi connectivity index (χ1) is 4.75. The minimum absolute atomic E-state index is 0.0552. The molecule has 3 heteroatoms. The molecule has 0 fully saturated rings. The monoisotopic (exact) mass is 139 g/mol. The van der Waals surface area contributed by atoms with E-state index in [1.165, 1.54) is 0 Å². The summed E-state index contributed by atoms with van der Waals surface area (Å²) >= 11 is 0. The maximum absolute atomic E-state index is 10.3. The summed E-state index contributed by atoms with van der Waals surface area (Å²) in [6.07, 6.45) is 2.32. The molecule has 1 aromatic heterocycles. The lowest BCUT2D eigenvalue weighted by molar-refractivity contribution is 0.195. The second-order valence-electron chi connectivity index (χ2n) is 2.34. The predicted molar refractivity (Wildman–Crippen MR) is 37.2 cm³/mol. The fraction of sp³-hybridized carbons (Fsp3) is 0.571. The lowest BCUT2D eigenvalue weighted by atomic mass is 10.3. The predicted octanol–water partition coefficient (Wildman–Crippen LogP) is 0.702. The van der Waals surface area contributed by atoms with Crippen molar-refractivity contribution in [3.63, 3.8) is 0 Å². The van der Waals surface area contributed by atoms with Crippen molar-refractivity contribution in [2.75, 3.05) is 6.61 Å². The Labute approximate surface area is 60.3 Å². The van der Waals surface area contributed by atoms with E-state index in [1.54, 1.807) is 6.33 Å². The van der Waals surface area contributed by atoms with Gasteiger partial charge in [0, 0.05) is 19.2 Å². The highest BCUT2D eigenvalue weighted by atomic mass is 16.3. The van der Waals surface area contributed by atoms with E-state index < -0.39 is 0 Å². The highest BCUT2D eigenvalue weighted by Gasteiger charge is 2.02. The van der Waals surface area contributed by atoms with Crippen LogP contribution in [-0.4, -0.2) is 16.2 Å². The van der Waals surface area contributed by atoms with Crippen LogP contribution >= 0.6 is 0 Å². The molecular formula is C7H11N2O. The zero-order valence-corrected chi connectivity index (χ0v) is 6.29. The molecular weight excluding hydrogens is 128 g/mol. The Hall–Kier alpha value is -0.830. The van der Waals surface area contributed by atoms with E-state index in [2.05, 4.69) is 4.98 Å². The van der Waals surface area contributed by atoms with Crippen molar-refractivity contribution in [1.82, 2.24) is 9.55 Å². The van der Waals surface area contributed by atoms with Crippen LogP contribution in [0.25, 0.3) is 0 Å². The number of nitrogens with zero attached hydrogens (tertiary/aromatic N) is 2. The summed E-state index contributed by atoms with van der Waals surface area (Å²) in [5.41, 5.74) is 2.02. The standard InChI is InChI=1S/C7H11N2O/c1-6-7(3-4-10)9(2)5-8-6/h5H,3-4H2,1-2H3. The quantitative estimate of drug-likeness (QED) is 0.594. The van der Waals surface area contributed by atoms with Crippen molar-refractivity contribution >= 4 is 0 Å². The summed E-state index contributed by atoms with van der Waals surface area (Å²) in [4.78, 5) is 4.06. The molecule has 0 atom stereocenters. The maximum Gasteiger partial charge on any atom is 0.0948 e. The molecule has 0 N–H and O–H groups in total. The third-order valence-corrected chi connectivity index (χ3v) is 1.61. The van der Waals surface area contributed by atoms with Crippen LogP contribution in [0.3, 0.4) is 0 Å². The van der Waals surface area contributed by atoms with Gasteiger partial charge in [0.15, 0.2) is 0 Å². The lowest BCUT2D eigenvalue weighted by Gasteiger charge is -1.98. The van der Waals surface area contributed by atoms with Gasteiger partial charge in [-0.05, 0) is 6.92 Å². The van der Waals surface area contributed by atoms with Crippen LogP contribution in [0.1, 0.15) is 11.4 Å². The number of aryl methyl sites for hydroxylation is 2. The van der Waals surface area contributed by atoms with Crippen molar-refractivity contribution in [3.8, 4) is 0 Å². The van der Waals surface area contributed by atoms with Gasteiger partial charge in [-0.2, -0.15) is 0 Å². The summed E-state index contributed by atoms with van der Waals surface area (Å²) in [6, 6.07) is 0. The smallest absolute Gasteiger partial charge is 0.0948 e. The van der Waals surface area contributed by atoms with Crippen molar-refractivity contribution < 1.29 is 5.11 Å². The Balaban J connectivity index is 2.87. The largest absolute Gasteiger partial charge is 0.337 e. The third-order valence-electron chi connectivity index (χ3n) is 1.61. The molecule has 1 rings (SSSR count). The van der Waals surface area contributed by atoms with E-state index in [0.717, 1.165) is 11.4 Å². The summed E-state index contributed by atoms with van der Waals surface area (Å²) in [5, 5.41) is 10.3. The zero-order valence-electron chi connectivity index (χ0n) is 6.29. The SMILES string of the molecule is Cc1ncn(C)c1CC[O]. The van der Waals surface area contributed by atoms with Gasteiger partial charge in [0.1, 0.15) is 0 Å². The first kappa shape index (κ1) is 7.28. The molecule has 55 valence electrons. The maximum atomic E-state index is 10.3. The molecule has 0 saturated carbocycles. The Bertz CT molecular complexity index is 198. The van der Waals surface area contributed by atoms with Crippen LogP contribution < -0.4 is 0 Å². The fourth-order valence-electron chi connectivity index (χ4n) is 1.03. The van der Waals surface area contributed by atoms with Gasteiger partial charge in [0.05, 0.1) is 18.6 Å². The van der Waals surface area contributed by atoms with Crippen molar-refractivity contribution in [3.05, 3.63) is 17.7 Å². The lowest BCUT2D eigenvalue weighted by Crippen LogP contribution is -1.99. The molecule has 0 saturated heterocycles. The summed E-state index contributed by atoms with van der Waals surface area (Å²) in [7, 11) is 1.91. The zero-order chi connectivity index (χ0) is 7.56. The number of hydrogen-bond acceptors (Lipinski definition) is 1. The molecule has 0 spiro atoms. The number of aromatic nitrogens is 2. The Morgan fingerprint density at radius 3 is 2.80 bits per heavy atom. The van der Waals surface area contributed by atoms with Crippen LogP contribution in [0, 0.1) is 6.92 Å². The van der Waals surface area contributed by atoms with Gasteiger partial charge < -0.3 is 4.57 Å². The van der Waals surface area contributed by atoms with Gasteiger partial charge in [-0.3, -0.25) is 0 Å². The molecule has 0 bridgehead atoms. The molecule has 0 aliphatic heterocycles. The van der Waals surface area contributed by atoms with Gasteiger partial charge in [-0.1, -0.05) is 0 Å². The van der Waals surface area contributed by atoms with Gasteiger partial charge in [-0.15, -0.1) is 0 Å². The molecule has 0 aromatic carbocycles. The average Bonchev–Trinajstić information content (AvgIpc) is 2.20. The van der Waals surface area contributed by atoms with Gasteiger partial charge in [0.25, 0.3) is 0 Å². The Morgan fingerprint density at radius 2 is 2.40 bits per heavy atom. The highest BCUT2D eigenvalue weighted by Crippen LogP contribution is 2.03. The van der Waals surface area contributed by atoms with E-state index in [4.69, 9.17) is 0 Å². The van der Waals surface area contributed by atoms with Crippen molar-refractivity contribution in [2.45, 2.75) is 13.3 Å². The van der Waals surface area contributed by atoms with E-state index in [-0.39, 0.29) is 6.61 Å². The minimum Gasteiger partial charge on any atom is -0.337 e. The number of rotatable bonds is 2. The first-order valence-electron chi connectivity index (χ1n) is 3.30. The number of hydrogen-bond donors (Lipinski definition) is 0. The first-order valence-corrected chi connectivity index (χ1v) is 3.30. The molecule has 1 aromatic rings. The van der Waals surface area contributed by atoms with Crippen molar-refractivity contribution in [1.29, 1.82) is 0 Å². The van der Waals surface area contributed by atoms with Crippen LogP contribution in [-0.2, 0) is 18.6 Å². The molecule has 10 heavy (non-hydrogen) atoms. The molecule has 1 heterocycles. The number of imidazole rings is 1. The van der Waals surface area contributed by atoms with Crippen LogP contribution in [0.4, 0.5) is 0 Å². The molecule has 3 nitrogen and oxygen atoms in total. The average molecular weight is 139 g/mol. The normalized spacial score (nSPS) is 10.3. The van der Waals surface area contributed by atoms with Gasteiger partial charge in [0.2, 0.25) is 0 Å². The summed E-state index contributed by atoms with van der Waals surface area (Å²) < 4.78 is 1.90. The molecule has 0 aliphatic carbocycles. The Kier molecular flexibility index (Phi) is 2.06. The van der Waals surface area contributed by atoms with Gasteiger partial charge in [-0.25, -0.2) is 10.1 Å². The van der Waals surface area contributed by atoms with E-state index >= 15 is 0 Å². The minimum atomic E-state index is -0.0552. The van der Waals surface area contributed by atoms with Crippen LogP contribution in [0.5, 0.6) is 0 Å². The van der Waals surface area contributed by atoms with E-state index in [9.17, 15) is 5.11 Å². The second kappa shape index (κ2) is 2.84. The Morgan fingerprint density at radius 1 is 1.70 bits per heavy atom. The molecule has 0 aliphatic rings. The topological polar surface area (TPSA) is 37.7 Å². The van der Waals surface area contributed by atoms with Crippen molar-refractivity contribution in [2.24, 2.45) is 7.05 Å². The fourth-order valence-corrected chi connectivity index (χ4v) is 1.03. The third kappa shape index (κ3) is 1.19. The summed E-state index contributed by atoms with van der Waals surface area (Å²) in [5.74, 6) is 0. The van der Waals surface area contributed by atoms with E-state index in [0.29, 0.717) is 6.42 Å². The van der Waals surface area contributed by atoms with Crippen LogP contribution in [0.15, 0.2) is 6.33 Å². The highest BCUT2D eigenvalue weighted by molar-refractivity contribution is 5.10. The van der Waals surface area contributed by atoms with E-state index in [1.807, 2.05) is 18.5 Å². The second-order valence-corrected chi connectivity index (χ2v) is 2.34. The van der Waals surface area contributed by atoms with Crippen LogP contribution in [0.2, 0.25) is 0 Å². The molecule has 1 radical (unpaired) electrons. The molecule has 0 amide bonds.